The van der Waals surface area contributed by atoms with Crippen LogP contribution in [0.25, 0.3) is 22.3 Å². The third-order valence-electron chi connectivity index (χ3n) is 5.28. The molecule has 2 aromatic heterocycles. The van der Waals surface area contributed by atoms with Gasteiger partial charge < -0.3 is 10.4 Å². The maximum absolute atomic E-state index is 14.4. The monoisotopic (exact) mass is 369 g/mol. The molecule has 142 valence electrons. The molecule has 0 spiro atoms. The van der Waals surface area contributed by atoms with Gasteiger partial charge in [0.15, 0.2) is 5.65 Å². The van der Waals surface area contributed by atoms with E-state index in [1.165, 1.54) is 6.07 Å². The second-order valence-electron chi connectivity index (χ2n) is 7.47. The van der Waals surface area contributed by atoms with Crippen molar-refractivity contribution in [2.24, 2.45) is 0 Å². The number of fused-ring (bicyclic) bond motifs is 1. The van der Waals surface area contributed by atoms with Gasteiger partial charge in [-0.25, -0.2) is 9.37 Å². The van der Waals surface area contributed by atoms with E-state index in [0.29, 0.717) is 29.0 Å². The van der Waals surface area contributed by atoms with Gasteiger partial charge in [-0.1, -0.05) is 0 Å². The highest BCUT2D eigenvalue weighted by Crippen LogP contribution is 2.30. The number of aromatic nitrogens is 3. The highest BCUT2D eigenvalue weighted by molar-refractivity contribution is 5.84. The fourth-order valence-corrected chi connectivity index (χ4v) is 3.78. The van der Waals surface area contributed by atoms with E-state index in [-0.39, 0.29) is 5.75 Å². The summed E-state index contributed by atoms with van der Waals surface area (Å²) < 4.78 is 14.4. The molecule has 0 bridgehead atoms. The van der Waals surface area contributed by atoms with Gasteiger partial charge in [0.2, 0.25) is 0 Å². The molecule has 0 unspecified atom stereocenters. The van der Waals surface area contributed by atoms with Crippen molar-refractivity contribution < 1.29 is 9.50 Å². The number of piperazine rings is 1. The molecule has 1 aromatic carbocycles. The highest BCUT2D eigenvalue weighted by Gasteiger charge is 2.24. The first-order valence-electron chi connectivity index (χ1n) is 9.23. The van der Waals surface area contributed by atoms with E-state index in [1.54, 1.807) is 6.07 Å². The van der Waals surface area contributed by atoms with Crippen molar-refractivity contribution in [1.82, 2.24) is 25.4 Å². The molecule has 1 aliphatic heterocycles. The van der Waals surface area contributed by atoms with Crippen LogP contribution in [-0.2, 0) is 6.54 Å². The van der Waals surface area contributed by atoms with Gasteiger partial charge in [0.1, 0.15) is 11.6 Å². The van der Waals surface area contributed by atoms with E-state index in [9.17, 15) is 9.50 Å². The number of hydrogen-bond acceptors (Lipinski definition) is 5. The summed E-state index contributed by atoms with van der Waals surface area (Å²) >= 11 is 0. The summed E-state index contributed by atoms with van der Waals surface area (Å²) in [5.74, 6) is -0.596. The minimum atomic E-state index is -0.496. The number of halogens is 1. The van der Waals surface area contributed by atoms with E-state index >= 15 is 0 Å². The quantitative estimate of drug-likeness (QED) is 0.662. The Hall–Kier alpha value is -2.51. The Morgan fingerprint density at radius 2 is 2.11 bits per heavy atom. The van der Waals surface area contributed by atoms with E-state index in [0.717, 1.165) is 42.3 Å². The zero-order valence-electron chi connectivity index (χ0n) is 15.8. The van der Waals surface area contributed by atoms with Gasteiger partial charge in [0, 0.05) is 54.4 Å². The fraction of sp³-hybridized carbons (Fsp3) is 0.400. The first-order chi connectivity index (χ1) is 12.9. The summed E-state index contributed by atoms with van der Waals surface area (Å²) in [6.07, 6.45) is 0. The van der Waals surface area contributed by atoms with Gasteiger partial charge in [-0.3, -0.25) is 10.00 Å². The van der Waals surface area contributed by atoms with Crippen LogP contribution in [0.5, 0.6) is 5.75 Å². The average molecular weight is 369 g/mol. The van der Waals surface area contributed by atoms with Gasteiger partial charge in [-0.05, 0) is 44.5 Å². The molecule has 1 fully saturated rings. The lowest BCUT2D eigenvalue weighted by atomic mass is 10.0. The number of pyridine rings is 1. The van der Waals surface area contributed by atoms with E-state index in [4.69, 9.17) is 0 Å². The number of phenolic OH excluding ortho intramolecular Hbond substituents is 1. The molecule has 2 atom stereocenters. The summed E-state index contributed by atoms with van der Waals surface area (Å²) in [4.78, 5) is 6.98. The number of nitrogens with one attached hydrogen (secondary N) is 2. The molecule has 27 heavy (non-hydrogen) atoms. The Balaban J connectivity index is 1.79. The molecular weight excluding hydrogens is 345 g/mol. The molecule has 4 rings (SSSR count). The number of rotatable bonds is 3. The van der Waals surface area contributed by atoms with Crippen LogP contribution < -0.4 is 5.32 Å². The minimum Gasteiger partial charge on any atom is -0.508 e. The van der Waals surface area contributed by atoms with Crippen molar-refractivity contribution in [3.63, 3.8) is 0 Å². The molecule has 6 nitrogen and oxygen atoms in total. The van der Waals surface area contributed by atoms with Crippen LogP contribution in [0.3, 0.4) is 0 Å². The van der Waals surface area contributed by atoms with Crippen LogP contribution >= 0.6 is 0 Å². The summed E-state index contributed by atoms with van der Waals surface area (Å²) in [7, 11) is 0. The number of hydrogen-bond donors (Lipinski definition) is 3. The SMILES string of the molecule is Cc1[nH]nc2nc(-c3ccc(O)cc3F)cc(CN3C[C@@H](C)NC[C@@H]3C)c12. The van der Waals surface area contributed by atoms with Gasteiger partial charge >= 0.3 is 0 Å². The van der Waals surface area contributed by atoms with Crippen molar-refractivity contribution in [3.05, 3.63) is 41.3 Å². The molecule has 7 heteroatoms. The second-order valence-corrected chi connectivity index (χ2v) is 7.47. The number of benzene rings is 1. The Bertz CT molecular complexity index is 986. The van der Waals surface area contributed by atoms with E-state index < -0.39 is 5.82 Å². The topological polar surface area (TPSA) is 77.1 Å². The molecule has 3 N–H and O–H groups in total. The Labute approximate surface area is 157 Å². The molecule has 0 radical (unpaired) electrons. The van der Waals surface area contributed by atoms with Crippen LogP contribution in [0.4, 0.5) is 4.39 Å². The second kappa shape index (κ2) is 6.90. The number of aromatic amines is 1. The summed E-state index contributed by atoms with van der Waals surface area (Å²) in [5, 5.41) is 21.3. The third-order valence-corrected chi connectivity index (χ3v) is 5.28. The smallest absolute Gasteiger partial charge is 0.182 e. The van der Waals surface area contributed by atoms with Gasteiger partial charge in [-0.2, -0.15) is 5.10 Å². The number of nitrogens with zero attached hydrogens (tertiary/aromatic N) is 3. The van der Waals surface area contributed by atoms with Crippen LogP contribution in [0, 0.1) is 12.7 Å². The van der Waals surface area contributed by atoms with Crippen molar-refractivity contribution in [1.29, 1.82) is 0 Å². The molecule has 1 aliphatic rings. The molecule has 0 aliphatic carbocycles. The van der Waals surface area contributed by atoms with Gasteiger partial charge in [0.25, 0.3) is 0 Å². The first kappa shape index (κ1) is 17.9. The predicted octanol–water partition coefficient (Wildman–Crippen LogP) is 2.96. The maximum Gasteiger partial charge on any atom is 0.182 e. The molecule has 0 saturated carbocycles. The van der Waals surface area contributed by atoms with Crippen molar-refractivity contribution in [2.45, 2.75) is 39.4 Å². The zero-order chi connectivity index (χ0) is 19.1. The maximum atomic E-state index is 14.4. The van der Waals surface area contributed by atoms with Crippen molar-refractivity contribution in [3.8, 4) is 17.0 Å². The van der Waals surface area contributed by atoms with E-state index in [1.807, 2.05) is 13.0 Å². The van der Waals surface area contributed by atoms with Crippen molar-refractivity contribution in [2.75, 3.05) is 13.1 Å². The van der Waals surface area contributed by atoms with E-state index in [2.05, 4.69) is 39.2 Å². The summed E-state index contributed by atoms with van der Waals surface area (Å²) in [6, 6.07) is 6.91. The standard InChI is InChI=1S/C20H24FN5O/c1-11-9-26(12(2)8-22-11)10-14-6-18(16-5-4-15(27)7-17(16)21)23-20-19(14)13(3)24-25-20/h4-7,11-12,22,27H,8-10H2,1-3H3,(H,23,24,25)/t11-,12+/m1/s1. The minimum absolute atomic E-state index is 0.100. The lowest BCUT2D eigenvalue weighted by molar-refractivity contribution is 0.139. The first-order valence-corrected chi connectivity index (χ1v) is 9.23. The Morgan fingerprint density at radius 1 is 1.30 bits per heavy atom. The van der Waals surface area contributed by atoms with Crippen LogP contribution in [0.15, 0.2) is 24.3 Å². The van der Waals surface area contributed by atoms with Crippen LogP contribution in [0.2, 0.25) is 0 Å². The molecular formula is C20H24FN5O. The number of aromatic hydroxyl groups is 1. The van der Waals surface area contributed by atoms with Gasteiger partial charge in [-0.15, -0.1) is 0 Å². The van der Waals surface area contributed by atoms with Crippen molar-refractivity contribution >= 4 is 11.0 Å². The lowest BCUT2D eigenvalue weighted by Gasteiger charge is -2.37. The number of aryl methyl sites for hydroxylation is 1. The Morgan fingerprint density at radius 3 is 2.89 bits per heavy atom. The average Bonchev–Trinajstić information content (AvgIpc) is 2.99. The van der Waals surface area contributed by atoms with Crippen LogP contribution in [0.1, 0.15) is 25.1 Å². The number of phenols is 1. The largest absolute Gasteiger partial charge is 0.508 e. The summed E-state index contributed by atoms with van der Waals surface area (Å²) in [5.41, 5.74) is 3.51. The molecule has 1 saturated heterocycles. The normalized spacial score (nSPS) is 21.0. The third kappa shape index (κ3) is 3.40. The van der Waals surface area contributed by atoms with Gasteiger partial charge in [0.05, 0.1) is 5.69 Å². The zero-order valence-corrected chi connectivity index (χ0v) is 15.8. The predicted molar refractivity (Wildman–Crippen MR) is 103 cm³/mol. The summed E-state index contributed by atoms with van der Waals surface area (Å²) in [6.45, 7) is 9.01. The number of H-pyrrole nitrogens is 1. The van der Waals surface area contributed by atoms with Crippen LogP contribution in [-0.4, -0.2) is 50.4 Å². The molecule has 3 heterocycles. The molecule has 3 aromatic rings. The highest BCUT2D eigenvalue weighted by atomic mass is 19.1. The lowest BCUT2D eigenvalue weighted by Crippen LogP contribution is -2.53. The fourth-order valence-electron chi connectivity index (χ4n) is 3.78. The molecule has 0 amide bonds. The Kier molecular flexibility index (Phi) is 4.57.